The third-order valence-electron chi connectivity index (χ3n) is 4.90. The molecule has 0 unspecified atom stereocenters. The van der Waals surface area contributed by atoms with E-state index in [2.05, 4.69) is 10.3 Å². The van der Waals surface area contributed by atoms with Gasteiger partial charge in [-0.25, -0.2) is 9.78 Å². The quantitative estimate of drug-likeness (QED) is 0.566. The van der Waals surface area contributed by atoms with Gasteiger partial charge in [0.15, 0.2) is 0 Å². The number of nitrogens with zero attached hydrogens (tertiary/aromatic N) is 3. The fraction of sp³-hybridized carbons (Fsp3) is 0.364. The molecular formula is C22H26N4O4S. The number of nitrogens with one attached hydrogen (secondary N) is 1. The zero-order valence-corrected chi connectivity index (χ0v) is 19.1. The van der Waals surface area contributed by atoms with E-state index in [4.69, 9.17) is 4.74 Å². The van der Waals surface area contributed by atoms with Crippen molar-refractivity contribution in [2.75, 3.05) is 26.0 Å². The Morgan fingerprint density at radius 3 is 2.65 bits per heavy atom. The predicted molar refractivity (Wildman–Crippen MR) is 120 cm³/mol. The topological polar surface area (TPSA) is 93.0 Å². The van der Waals surface area contributed by atoms with Gasteiger partial charge in [-0.2, -0.15) is 0 Å². The van der Waals surface area contributed by atoms with Crippen molar-refractivity contribution in [3.05, 3.63) is 51.8 Å². The first-order valence-electron chi connectivity index (χ1n) is 9.99. The molecule has 3 aromatic heterocycles. The van der Waals surface area contributed by atoms with Gasteiger partial charge >= 0.3 is 5.97 Å². The van der Waals surface area contributed by atoms with Gasteiger partial charge in [0.2, 0.25) is 5.91 Å². The minimum atomic E-state index is -0.554. The first kappa shape index (κ1) is 22.5. The lowest BCUT2D eigenvalue weighted by Gasteiger charge is -2.09. The van der Waals surface area contributed by atoms with Gasteiger partial charge in [-0.1, -0.05) is 6.07 Å². The Hall–Kier alpha value is -3.20. The number of aryl methyl sites for hydroxylation is 2. The lowest BCUT2D eigenvalue weighted by Crippen LogP contribution is -2.21. The number of hydrogen-bond donors (Lipinski definition) is 1. The van der Waals surface area contributed by atoms with Gasteiger partial charge in [-0.3, -0.25) is 9.59 Å². The minimum absolute atomic E-state index is 0.200. The summed E-state index contributed by atoms with van der Waals surface area (Å²) in [6.07, 6.45) is 2.62. The van der Waals surface area contributed by atoms with Crippen molar-refractivity contribution in [3.63, 3.8) is 0 Å². The van der Waals surface area contributed by atoms with Crippen LogP contribution in [0.3, 0.4) is 0 Å². The Morgan fingerprint density at radius 1 is 1.23 bits per heavy atom. The summed E-state index contributed by atoms with van der Waals surface area (Å²) in [5.74, 6) is -1.03. The molecule has 0 aromatic carbocycles. The molecule has 0 saturated carbocycles. The number of esters is 1. The third-order valence-corrected chi connectivity index (χ3v) is 6.09. The molecule has 3 rings (SSSR count). The molecule has 0 spiro atoms. The highest BCUT2D eigenvalue weighted by Crippen LogP contribution is 2.34. The van der Waals surface area contributed by atoms with Crippen LogP contribution in [0.5, 0.6) is 0 Å². The molecule has 0 aliphatic rings. The predicted octanol–water partition coefficient (Wildman–Crippen LogP) is 3.46. The molecule has 8 nitrogen and oxygen atoms in total. The molecule has 0 aliphatic carbocycles. The van der Waals surface area contributed by atoms with Crippen LogP contribution >= 0.6 is 11.3 Å². The van der Waals surface area contributed by atoms with Crippen LogP contribution in [0.2, 0.25) is 0 Å². The summed E-state index contributed by atoms with van der Waals surface area (Å²) in [6, 6.07) is 5.75. The number of anilines is 1. The van der Waals surface area contributed by atoms with E-state index in [1.54, 1.807) is 27.9 Å². The molecule has 1 N–H and O–H groups in total. The van der Waals surface area contributed by atoms with E-state index in [1.807, 2.05) is 35.7 Å². The van der Waals surface area contributed by atoms with Gasteiger partial charge in [0.05, 0.1) is 22.7 Å². The monoisotopic (exact) mass is 442 g/mol. The van der Waals surface area contributed by atoms with Crippen LogP contribution in [0, 0.1) is 13.8 Å². The molecule has 0 fully saturated rings. The number of carbonyl (C=O) groups excluding carboxylic acids is 3. The summed E-state index contributed by atoms with van der Waals surface area (Å²) in [4.78, 5) is 44.1. The molecule has 31 heavy (non-hydrogen) atoms. The van der Waals surface area contributed by atoms with E-state index in [0.29, 0.717) is 21.9 Å². The van der Waals surface area contributed by atoms with Gasteiger partial charge in [-0.05, 0) is 44.9 Å². The number of rotatable bonds is 7. The molecule has 0 bridgehead atoms. The molecule has 2 amide bonds. The molecule has 0 aliphatic heterocycles. The average Bonchev–Trinajstić information content (AvgIpc) is 3.21. The van der Waals surface area contributed by atoms with E-state index in [-0.39, 0.29) is 30.4 Å². The average molecular weight is 443 g/mol. The minimum Gasteiger partial charge on any atom is -0.462 e. The van der Waals surface area contributed by atoms with Crippen molar-refractivity contribution in [2.24, 2.45) is 0 Å². The molecule has 9 heteroatoms. The lowest BCUT2D eigenvalue weighted by molar-refractivity contribution is -0.116. The normalized spacial score (nSPS) is 10.9. The highest BCUT2D eigenvalue weighted by Gasteiger charge is 2.27. The maximum atomic E-state index is 12.7. The van der Waals surface area contributed by atoms with Gasteiger partial charge in [0.1, 0.15) is 10.6 Å². The van der Waals surface area contributed by atoms with Crippen LogP contribution in [-0.4, -0.2) is 52.8 Å². The number of aromatic nitrogens is 2. The summed E-state index contributed by atoms with van der Waals surface area (Å²) in [7, 11) is 3.28. The molecule has 0 radical (unpaired) electrons. The summed E-state index contributed by atoms with van der Waals surface area (Å²) in [5.41, 5.74) is 3.41. The first-order valence-corrected chi connectivity index (χ1v) is 10.8. The Bertz CT molecular complexity index is 1150. The zero-order valence-electron chi connectivity index (χ0n) is 18.3. The number of carbonyl (C=O) groups is 3. The fourth-order valence-electron chi connectivity index (χ4n) is 3.34. The number of hydrogen-bond acceptors (Lipinski definition) is 6. The van der Waals surface area contributed by atoms with E-state index in [1.165, 1.54) is 4.90 Å². The number of pyridine rings is 1. The van der Waals surface area contributed by atoms with Crippen LogP contribution in [0.15, 0.2) is 24.4 Å². The van der Waals surface area contributed by atoms with Gasteiger partial charge in [-0.15, -0.1) is 11.3 Å². The summed E-state index contributed by atoms with van der Waals surface area (Å²) >= 11 is 1.09. The number of thiophene rings is 1. The number of amides is 2. The Kier molecular flexibility index (Phi) is 6.74. The van der Waals surface area contributed by atoms with Gasteiger partial charge < -0.3 is 19.4 Å². The van der Waals surface area contributed by atoms with E-state index in [9.17, 15) is 14.4 Å². The van der Waals surface area contributed by atoms with Crippen LogP contribution in [-0.2, 0) is 16.0 Å². The molecular weight excluding hydrogens is 416 g/mol. The zero-order chi connectivity index (χ0) is 22.7. The maximum Gasteiger partial charge on any atom is 0.341 e. The molecule has 0 atom stereocenters. The largest absolute Gasteiger partial charge is 0.462 e. The molecule has 3 heterocycles. The van der Waals surface area contributed by atoms with Crippen molar-refractivity contribution in [3.8, 4) is 0 Å². The second-order valence-corrected chi connectivity index (χ2v) is 8.32. The number of fused-ring (bicyclic) bond motifs is 1. The van der Waals surface area contributed by atoms with Crippen LogP contribution in [0.4, 0.5) is 5.00 Å². The van der Waals surface area contributed by atoms with Crippen molar-refractivity contribution in [1.29, 1.82) is 0 Å². The second-order valence-electron chi connectivity index (χ2n) is 7.30. The van der Waals surface area contributed by atoms with Gasteiger partial charge in [0.25, 0.3) is 5.91 Å². The van der Waals surface area contributed by atoms with Crippen LogP contribution < -0.4 is 5.32 Å². The lowest BCUT2D eigenvalue weighted by atomic mass is 10.1. The maximum absolute atomic E-state index is 12.7. The third kappa shape index (κ3) is 4.61. The molecule has 0 saturated heterocycles. The second kappa shape index (κ2) is 9.30. The highest BCUT2D eigenvalue weighted by atomic mass is 32.1. The van der Waals surface area contributed by atoms with Crippen LogP contribution in [0.1, 0.15) is 50.3 Å². The molecule has 3 aromatic rings. The van der Waals surface area contributed by atoms with Crippen molar-refractivity contribution in [2.45, 2.75) is 33.6 Å². The molecule has 164 valence electrons. The van der Waals surface area contributed by atoms with Crippen molar-refractivity contribution < 1.29 is 19.1 Å². The summed E-state index contributed by atoms with van der Waals surface area (Å²) in [6.45, 7) is 5.52. The SMILES string of the molecule is CCOC(=O)c1c(NC(=O)CCc2c(C)nc3ccccn23)sc(C(=O)N(C)C)c1C. The van der Waals surface area contributed by atoms with Crippen molar-refractivity contribution >= 4 is 39.8 Å². The van der Waals surface area contributed by atoms with E-state index >= 15 is 0 Å². The van der Waals surface area contributed by atoms with Gasteiger partial charge in [0, 0.05) is 32.4 Å². The van der Waals surface area contributed by atoms with Crippen LogP contribution in [0.25, 0.3) is 5.65 Å². The summed E-state index contributed by atoms with van der Waals surface area (Å²) < 4.78 is 7.12. The van der Waals surface area contributed by atoms with E-state index in [0.717, 1.165) is 28.4 Å². The Balaban J connectivity index is 1.82. The fourth-order valence-corrected chi connectivity index (χ4v) is 4.58. The number of imidazole rings is 1. The number of ether oxygens (including phenoxy) is 1. The Labute approximate surface area is 184 Å². The van der Waals surface area contributed by atoms with Crippen molar-refractivity contribution in [1.82, 2.24) is 14.3 Å². The Morgan fingerprint density at radius 2 is 1.97 bits per heavy atom. The van der Waals surface area contributed by atoms with E-state index < -0.39 is 5.97 Å². The highest BCUT2D eigenvalue weighted by molar-refractivity contribution is 7.18. The smallest absolute Gasteiger partial charge is 0.341 e. The summed E-state index contributed by atoms with van der Waals surface area (Å²) in [5, 5.41) is 3.15. The first-order chi connectivity index (χ1) is 14.7. The standard InChI is InChI=1S/C22H26N4O4S/c1-6-30-22(29)18-13(2)19(21(28)25(4)5)31-20(18)24-17(27)11-10-15-14(3)23-16-9-7-8-12-26(15)16/h7-9,12H,6,10-11H2,1-5H3,(H,24,27).